The molecule has 1 amide bonds. The molecule has 0 saturated carbocycles. The number of hydrogen-bond donors (Lipinski definition) is 0. The molecule has 9 heteroatoms. The van der Waals surface area contributed by atoms with Gasteiger partial charge in [0.05, 0.1) is 11.1 Å². The van der Waals surface area contributed by atoms with Crippen LogP contribution in [0.15, 0.2) is 41.6 Å². The van der Waals surface area contributed by atoms with E-state index in [9.17, 15) is 17.6 Å². The van der Waals surface area contributed by atoms with Crippen LogP contribution in [0.2, 0.25) is 0 Å². The number of hydrogen-bond acceptors (Lipinski definition) is 4. The quantitative estimate of drug-likeness (QED) is 0.695. The summed E-state index contributed by atoms with van der Waals surface area (Å²) in [5.41, 5.74) is 0.930. The Balaban J connectivity index is 1.84. The Morgan fingerprint density at radius 1 is 1.23 bits per heavy atom. The van der Waals surface area contributed by atoms with Crippen LogP contribution in [0.3, 0.4) is 0 Å². The predicted octanol–water partition coefficient (Wildman–Crippen LogP) is 1.62. The summed E-state index contributed by atoms with van der Waals surface area (Å²) in [5.74, 6) is -0.560. The SMILES string of the molecule is CN(Cc1cnn(C)c1)C(=O)CCCN(C)S(=O)(=O)c1ccc(F)cc1. The van der Waals surface area contributed by atoms with Crippen molar-refractivity contribution in [2.45, 2.75) is 24.3 Å². The van der Waals surface area contributed by atoms with E-state index in [-0.39, 0.29) is 23.8 Å². The molecule has 0 spiro atoms. The fourth-order valence-corrected chi connectivity index (χ4v) is 3.68. The normalized spacial score (nSPS) is 11.7. The molecule has 0 N–H and O–H groups in total. The number of benzene rings is 1. The largest absolute Gasteiger partial charge is 0.341 e. The summed E-state index contributed by atoms with van der Waals surface area (Å²) >= 11 is 0. The molecule has 0 aliphatic rings. The lowest BCUT2D eigenvalue weighted by atomic mass is 10.2. The Kier molecular flexibility index (Phi) is 6.49. The van der Waals surface area contributed by atoms with Crippen molar-refractivity contribution in [3.63, 3.8) is 0 Å². The van der Waals surface area contributed by atoms with E-state index in [1.54, 1.807) is 22.8 Å². The van der Waals surface area contributed by atoms with E-state index in [4.69, 9.17) is 0 Å². The van der Waals surface area contributed by atoms with Crippen LogP contribution in [0.25, 0.3) is 0 Å². The van der Waals surface area contributed by atoms with E-state index in [0.717, 1.165) is 17.7 Å². The number of halogens is 1. The summed E-state index contributed by atoms with van der Waals surface area (Å²) in [7, 11) is 1.27. The maximum absolute atomic E-state index is 12.9. The van der Waals surface area contributed by atoms with E-state index in [1.807, 2.05) is 13.2 Å². The molecular formula is C17H23FN4O3S. The van der Waals surface area contributed by atoms with Crippen LogP contribution >= 0.6 is 0 Å². The number of amides is 1. The van der Waals surface area contributed by atoms with Crippen molar-refractivity contribution in [2.24, 2.45) is 7.05 Å². The van der Waals surface area contributed by atoms with Gasteiger partial charge in [0.15, 0.2) is 0 Å². The second-order valence-corrected chi connectivity index (χ2v) is 8.20. The molecule has 0 saturated heterocycles. The first-order valence-electron chi connectivity index (χ1n) is 8.13. The number of aryl methyl sites for hydroxylation is 1. The smallest absolute Gasteiger partial charge is 0.242 e. The van der Waals surface area contributed by atoms with Gasteiger partial charge in [-0.3, -0.25) is 9.48 Å². The molecule has 0 unspecified atom stereocenters. The monoisotopic (exact) mass is 382 g/mol. The molecular weight excluding hydrogens is 359 g/mol. The minimum Gasteiger partial charge on any atom is -0.341 e. The number of sulfonamides is 1. The van der Waals surface area contributed by atoms with E-state index >= 15 is 0 Å². The summed E-state index contributed by atoms with van der Waals surface area (Å²) in [6.45, 7) is 0.655. The van der Waals surface area contributed by atoms with Crippen molar-refractivity contribution in [1.82, 2.24) is 19.0 Å². The van der Waals surface area contributed by atoms with E-state index in [0.29, 0.717) is 13.0 Å². The molecule has 1 aromatic heterocycles. The first-order valence-corrected chi connectivity index (χ1v) is 9.57. The van der Waals surface area contributed by atoms with Crippen LogP contribution in [0, 0.1) is 5.82 Å². The molecule has 7 nitrogen and oxygen atoms in total. The summed E-state index contributed by atoms with van der Waals surface area (Å²) < 4.78 is 40.6. The summed E-state index contributed by atoms with van der Waals surface area (Å²) in [6, 6.07) is 4.68. The Morgan fingerprint density at radius 2 is 1.88 bits per heavy atom. The van der Waals surface area contributed by atoms with Crippen molar-refractivity contribution < 1.29 is 17.6 Å². The Morgan fingerprint density at radius 3 is 2.46 bits per heavy atom. The third-order valence-corrected chi connectivity index (χ3v) is 5.86. The van der Waals surface area contributed by atoms with Gasteiger partial charge in [0.25, 0.3) is 0 Å². The average Bonchev–Trinajstić information content (AvgIpc) is 2.99. The Hall–Kier alpha value is -2.26. The fourth-order valence-electron chi connectivity index (χ4n) is 2.47. The summed E-state index contributed by atoms with van der Waals surface area (Å²) in [6.07, 6.45) is 4.17. The predicted molar refractivity (Wildman–Crippen MR) is 95.1 cm³/mol. The van der Waals surface area contributed by atoms with Gasteiger partial charge < -0.3 is 4.90 Å². The number of carbonyl (C=O) groups is 1. The molecule has 142 valence electrons. The minimum absolute atomic E-state index is 0.0291. The van der Waals surface area contributed by atoms with Gasteiger partial charge in [0.2, 0.25) is 15.9 Å². The van der Waals surface area contributed by atoms with Gasteiger partial charge in [0, 0.05) is 52.4 Å². The maximum atomic E-state index is 12.9. The summed E-state index contributed by atoms with van der Waals surface area (Å²) in [5, 5.41) is 4.06. The summed E-state index contributed by atoms with van der Waals surface area (Å²) in [4.78, 5) is 13.8. The number of rotatable bonds is 8. The zero-order chi connectivity index (χ0) is 19.3. The van der Waals surface area contributed by atoms with E-state index in [2.05, 4.69) is 5.10 Å². The van der Waals surface area contributed by atoms with Crippen LogP contribution < -0.4 is 0 Å². The third kappa shape index (κ3) is 5.12. The lowest BCUT2D eigenvalue weighted by Gasteiger charge is -2.19. The van der Waals surface area contributed by atoms with Crippen LogP contribution in [-0.4, -0.2) is 54.0 Å². The topological polar surface area (TPSA) is 75.5 Å². The van der Waals surface area contributed by atoms with Crippen molar-refractivity contribution in [3.8, 4) is 0 Å². The molecule has 2 aromatic rings. The molecule has 0 atom stereocenters. The lowest BCUT2D eigenvalue weighted by molar-refractivity contribution is -0.130. The van der Waals surface area contributed by atoms with Gasteiger partial charge in [-0.2, -0.15) is 5.10 Å². The molecule has 1 heterocycles. The number of carbonyl (C=O) groups excluding carboxylic acids is 1. The van der Waals surface area contributed by atoms with Crippen molar-refractivity contribution in [2.75, 3.05) is 20.6 Å². The van der Waals surface area contributed by atoms with Crippen molar-refractivity contribution in [1.29, 1.82) is 0 Å². The van der Waals surface area contributed by atoms with Gasteiger partial charge in [-0.25, -0.2) is 17.1 Å². The van der Waals surface area contributed by atoms with Crippen molar-refractivity contribution in [3.05, 3.63) is 48.0 Å². The van der Waals surface area contributed by atoms with Crippen LogP contribution in [0.4, 0.5) is 4.39 Å². The van der Waals surface area contributed by atoms with Gasteiger partial charge >= 0.3 is 0 Å². The standard InChI is InChI=1S/C17H23FN4O3S/c1-20(12-14-11-19-21(2)13-14)17(23)5-4-10-22(3)26(24,25)16-8-6-15(18)7-9-16/h6-9,11,13H,4-5,10,12H2,1-3H3. The second-order valence-electron chi connectivity index (χ2n) is 6.16. The highest BCUT2D eigenvalue weighted by atomic mass is 32.2. The molecule has 0 aliphatic carbocycles. The van der Waals surface area contributed by atoms with Gasteiger partial charge in [-0.05, 0) is 30.7 Å². The van der Waals surface area contributed by atoms with Gasteiger partial charge in [0.1, 0.15) is 5.82 Å². The average molecular weight is 382 g/mol. The zero-order valence-electron chi connectivity index (χ0n) is 15.1. The Bertz CT molecular complexity index is 849. The number of nitrogens with zero attached hydrogens (tertiary/aromatic N) is 4. The molecule has 26 heavy (non-hydrogen) atoms. The van der Waals surface area contributed by atoms with Crippen molar-refractivity contribution >= 4 is 15.9 Å². The van der Waals surface area contributed by atoms with E-state index in [1.165, 1.54) is 23.5 Å². The minimum atomic E-state index is -3.69. The molecule has 0 bridgehead atoms. The van der Waals surface area contributed by atoms with E-state index < -0.39 is 15.8 Å². The Labute approximate surface area is 153 Å². The van der Waals surface area contributed by atoms with Crippen LogP contribution in [-0.2, 0) is 28.4 Å². The molecule has 0 fully saturated rings. The highest BCUT2D eigenvalue weighted by Gasteiger charge is 2.21. The van der Waals surface area contributed by atoms with Gasteiger partial charge in [-0.15, -0.1) is 0 Å². The third-order valence-electron chi connectivity index (χ3n) is 3.99. The first kappa shape index (κ1) is 20.1. The zero-order valence-corrected chi connectivity index (χ0v) is 15.9. The van der Waals surface area contributed by atoms with Crippen LogP contribution in [0.1, 0.15) is 18.4 Å². The second kappa shape index (κ2) is 8.41. The first-order chi connectivity index (χ1) is 12.2. The molecule has 0 aliphatic heterocycles. The van der Waals surface area contributed by atoms with Crippen LogP contribution in [0.5, 0.6) is 0 Å². The van der Waals surface area contributed by atoms with Gasteiger partial charge in [-0.1, -0.05) is 0 Å². The lowest BCUT2D eigenvalue weighted by Crippen LogP contribution is -2.30. The fraction of sp³-hybridized carbons (Fsp3) is 0.412. The maximum Gasteiger partial charge on any atom is 0.242 e. The highest BCUT2D eigenvalue weighted by Crippen LogP contribution is 2.15. The number of aromatic nitrogens is 2. The molecule has 1 aromatic carbocycles. The molecule has 2 rings (SSSR count). The molecule has 0 radical (unpaired) electrons. The highest BCUT2D eigenvalue weighted by molar-refractivity contribution is 7.89.